The molecule has 2 N–H and O–H groups in total. The summed E-state index contributed by atoms with van der Waals surface area (Å²) in [6.45, 7) is 4.11. The van der Waals surface area contributed by atoms with Crippen LogP contribution in [0.5, 0.6) is 11.5 Å². The van der Waals surface area contributed by atoms with Gasteiger partial charge >= 0.3 is 0 Å². The van der Waals surface area contributed by atoms with Gasteiger partial charge in [-0.05, 0) is 56.4 Å². The molecule has 0 radical (unpaired) electrons. The topological polar surface area (TPSA) is 42.5 Å². The van der Waals surface area contributed by atoms with Crippen molar-refractivity contribution >= 4 is 23.0 Å². The fourth-order valence-electron chi connectivity index (χ4n) is 2.31. The molecule has 0 aliphatic heterocycles. The highest BCUT2D eigenvalue weighted by molar-refractivity contribution is 7.80. The molecule has 0 spiro atoms. The number of hydrogen-bond donors (Lipinski definition) is 2. The number of rotatable bonds is 5. The van der Waals surface area contributed by atoms with Crippen molar-refractivity contribution in [3.63, 3.8) is 0 Å². The van der Waals surface area contributed by atoms with Crippen LogP contribution < -0.4 is 20.1 Å². The molecule has 4 nitrogen and oxygen atoms in total. The third-order valence-electron chi connectivity index (χ3n) is 3.55. The van der Waals surface area contributed by atoms with Crippen molar-refractivity contribution in [3.05, 3.63) is 53.6 Å². The molecular formula is C18H22N2O2S. The van der Waals surface area contributed by atoms with Crippen molar-refractivity contribution in [1.29, 1.82) is 0 Å². The Kier molecular flexibility index (Phi) is 5.82. The lowest BCUT2D eigenvalue weighted by Crippen LogP contribution is -2.31. The maximum atomic E-state index is 5.43. The molecule has 0 fully saturated rings. The first-order chi connectivity index (χ1) is 11.0. The van der Waals surface area contributed by atoms with Crippen LogP contribution in [0, 0.1) is 6.92 Å². The molecule has 2 rings (SSSR count). The monoisotopic (exact) mass is 330 g/mol. The van der Waals surface area contributed by atoms with E-state index >= 15 is 0 Å². The normalized spacial score (nSPS) is 11.5. The van der Waals surface area contributed by atoms with E-state index in [1.165, 1.54) is 5.56 Å². The average Bonchev–Trinajstić information content (AvgIpc) is 2.55. The molecule has 0 unspecified atom stereocenters. The summed E-state index contributed by atoms with van der Waals surface area (Å²) >= 11 is 5.39. The molecule has 0 aromatic heterocycles. The van der Waals surface area contributed by atoms with Gasteiger partial charge in [0, 0.05) is 11.3 Å². The van der Waals surface area contributed by atoms with E-state index in [2.05, 4.69) is 30.5 Å². The number of nitrogens with one attached hydrogen (secondary N) is 2. The highest BCUT2D eigenvalue weighted by Crippen LogP contribution is 2.26. The van der Waals surface area contributed by atoms with E-state index in [4.69, 9.17) is 21.7 Å². The Morgan fingerprint density at radius 3 is 2.35 bits per heavy atom. The van der Waals surface area contributed by atoms with Crippen molar-refractivity contribution in [2.75, 3.05) is 19.5 Å². The Hall–Kier alpha value is -2.27. The van der Waals surface area contributed by atoms with Crippen LogP contribution in [-0.4, -0.2) is 19.3 Å². The van der Waals surface area contributed by atoms with Gasteiger partial charge in [0.25, 0.3) is 0 Å². The number of ether oxygens (including phenoxy) is 2. The minimum Gasteiger partial charge on any atom is -0.497 e. The minimum atomic E-state index is 0.0306. The third kappa shape index (κ3) is 4.60. The summed E-state index contributed by atoms with van der Waals surface area (Å²) < 4.78 is 10.6. The lowest BCUT2D eigenvalue weighted by Gasteiger charge is -2.20. The molecule has 23 heavy (non-hydrogen) atoms. The predicted octanol–water partition coefficient (Wildman–Crippen LogP) is 4.06. The fraction of sp³-hybridized carbons (Fsp3) is 0.278. The number of thiocarbonyl (C=S) groups is 1. The van der Waals surface area contributed by atoms with Crippen molar-refractivity contribution in [1.82, 2.24) is 5.32 Å². The minimum absolute atomic E-state index is 0.0306. The molecule has 0 saturated carbocycles. The van der Waals surface area contributed by atoms with Crippen molar-refractivity contribution in [2.24, 2.45) is 0 Å². The van der Waals surface area contributed by atoms with Crippen molar-refractivity contribution in [3.8, 4) is 11.5 Å². The van der Waals surface area contributed by atoms with E-state index in [0.29, 0.717) is 5.11 Å². The second-order valence-electron chi connectivity index (χ2n) is 5.29. The zero-order valence-corrected chi connectivity index (χ0v) is 14.7. The van der Waals surface area contributed by atoms with Crippen molar-refractivity contribution < 1.29 is 9.47 Å². The van der Waals surface area contributed by atoms with Crippen LogP contribution >= 0.6 is 12.2 Å². The smallest absolute Gasteiger partial charge is 0.171 e. The van der Waals surface area contributed by atoms with Gasteiger partial charge in [-0.1, -0.05) is 17.7 Å². The van der Waals surface area contributed by atoms with E-state index < -0.39 is 0 Å². The number of hydrogen-bond acceptors (Lipinski definition) is 3. The molecule has 0 aliphatic carbocycles. The molecule has 0 heterocycles. The average molecular weight is 330 g/mol. The number of methoxy groups -OCH3 is 2. The van der Waals surface area contributed by atoms with E-state index in [1.54, 1.807) is 14.2 Å². The Labute approximate surface area is 142 Å². The first-order valence-corrected chi connectivity index (χ1v) is 7.80. The number of benzene rings is 2. The van der Waals surface area contributed by atoms with Crippen LogP contribution in [0.3, 0.4) is 0 Å². The van der Waals surface area contributed by atoms with Gasteiger partial charge in [0.05, 0.1) is 20.3 Å². The Bertz CT molecular complexity index is 671. The van der Waals surface area contributed by atoms with E-state index in [-0.39, 0.29) is 6.04 Å². The van der Waals surface area contributed by atoms with Gasteiger partial charge in [0.2, 0.25) is 0 Å². The van der Waals surface area contributed by atoms with Gasteiger partial charge in [-0.2, -0.15) is 0 Å². The zero-order valence-electron chi connectivity index (χ0n) is 13.8. The van der Waals surface area contributed by atoms with E-state index in [9.17, 15) is 0 Å². The summed E-state index contributed by atoms with van der Waals surface area (Å²) in [5.41, 5.74) is 3.17. The Morgan fingerprint density at radius 1 is 1.04 bits per heavy atom. The summed E-state index contributed by atoms with van der Waals surface area (Å²) in [7, 11) is 3.32. The quantitative estimate of drug-likeness (QED) is 0.809. The van der Waals surface area contributed by atoms with Gasteiger partial charge in [-0.15, -0.1) is 0 Å². The van der Waals surface area contributed by atoms with Gasteiger partial charge < -0.3 is 20.1 Å². The highest BCUT2D eigenvalue weighted by Gasteiger charge is 2.12. The van der Waals surface area contributed by atoms with Crippen LogP contribution in [0.1, 0.15) is 24.1 Å². The molecule has 2 aromatic carbocycles. The Balaban J connectivity index is 2.03. The first-order valence-electron chi connectivity index (χ1n) is 7.39. The van der Waals surface area contributed by atoms with Crippen molar-refractivity contribution in [2.45, 2.75) is 19.9 Å². The van der Waals surface area contributed by atoms with Crippen LogP contribution in [0.15, 0.2) is 42.5 Å². The summed E-state index contributed by atoms with van der Waals surface area (Å²) in [6, 6.07) is 13.8. The zero-order chi connectivity index (χ0) is 16.8. The van der Waals surface area contributed by atoms with E-state index in [0.717, 1.165) is 22.7 Å². The lowest BCUT2D eigenvalue weighted by molar-refractivity contribution is 0.405. The predicted molar refractivity (Wildman–Crippen MR) is 98.5 cm³/mol. The summed E-state index contributed by atoms with van der Waals surface area (Å²) in [6.07, 6.45) is 0. The van der Waals surface area contributed by atoms with Crippen LogP contribution in [-0.2, 0) is 0 Å². The lowest BCUT2D eigenvalue weighted by atomic mass is 10.0. The van der Waals surface area contributed by atoms with Crippen LogP contribution in [0.4, 0.5) is 5.69 Å². The molecular weight excluding hydrogens is 308 g/mol. The summed E-state index contributed by atoms with van der Waals surface area (Å²) in [5, 5.41) is 7.02. The van der Waals surface area contributed by atoms with E-state index in [1.807, 2.05) is 36.4 Å². The SMILES string of the molecule is COc1ccc(NC(=S)N[C@H](C)c2cc(C)ccc2OC)cc1. The van der Waals surface area contributed by atoms with Gasteiger partial charge in [-0.3, -0.25) is 0 Å². The van der Waals surface area contributed by atoms with Gasteiger partial charge in [0.1, 0.15) is 11.5 Å². The molecule has 122 valence electrons. The molecule has 0 bridgehead atoms. The second kappa shape index (κ2) is 7.83. The summed E-state index contributed by atoms with van der Waals surface area (Å²) in [5.74, 6) is 1.66. The molecule has 1 atom stereocenters. The summed E-state index contributed by atoms with van der Waals surface area (Å²) in [4.78, 5) is 0. The fourth-order valence-corrected chi connectivity index (χ4v) is 2.60. The molecule has 5 heteroatoms. The maximum absolute atomic E-state index is 5.43. The number of aryl methyl sites for hydroxylation is 1. The molecule has 0 amide bonds. The third-order valence-corrected chi connectivity index (χ3v) is 3.77. The standard InChI is InChI=1S/C18H22N2O2S/c1-12-5-10-17(22-4)16(11-12)13(2)19-18(23)20-14-6-8-15(21-3)9-7-14/h5-11,13H,1-4H3,(H2,19,20,23)/t13-/m1/s1. The van der Waals surface area contributed by atoms with Gasteiger partial charge in [0.15, 0.2) is 5.11 Å². The van der Waals surface area contributed by atoms with Crippen LogP contribution in [0.2, 0.25) is 0 Å². The first kappa shape index (κ1) is 17.1. The van der Waals surface area contributed by atoms with Gasteiger partial charge in [-0.25, -0.2) is 0 Å². The number of anilines is 1. The molecule has 2 aromatic rings. The maximum Gasteiger partial charge on any atom is 0.171 e. The molecule has 0 aliphatic rings. The highest BCUT2D eigenvalue weighted by atomic mass is 32.1. The largest absolute Gasteiger partial charge is 0.497 e. The second-order valence-corrected chi connectivity index (χ2v) is 5.70. The van der Waals surface area contributed by atoms with Crippen LogP contribution in [0.25, 0.3) is 0 Å². The molecule has 0 saturated heterocycles. The Morgan fingerprint density at radius 2 is 1.74 bits per heavy atom.